The van der Waals surface area contributed by atoms with E-state index < -0.39 is 0 Å². The van der Waals surface area contributed by atoms with Crippen LogP contribution in [0.2, 0.25) is 0 Å². The van der Waals surface area contributed by atoms with E-state index in [1.165, 1.54) is 38.8 Å². The van der Waals surface area contributed by atoms with Gasteiger partial charge >= 0.3 is 0 Å². The average Bonchev–Trinajstić information content (AvgIpc) is 3.08. The third kappa shape index (κ3) is 4.40. The fraction of sp³-hybridized carbons (Fsp3) is 1.00. The molecule has 3 nitrogen and oxygen atoms in total. The molecule has 0 aromatic carbocycles. The van der Waals surface area contributed by atoms with Gasteiger partial charge in [-0.2, -0.15) is 0 Å². The van der Waals surface area contributed by atoms with Crippen molar-refractivity contribution in [3.8, 4) is 0 Å². The van der Waals surface area contributed by atoms with E-state index in [0.717, 1.165) is 32.2 Å². The van der Waals surface area contributed by atoms with E-state index in [1.54, 1.807) is 0 Å². The summed E-state index contributed by atoms with van der Waals surface area (Å²) in [5, 5.41) is 6.95. The standard InChI is InChI=1S/C13H26N2O/c1-13(4-6-14-7-5-13)11-15-8-9-16-10-12-2-3-12/h12,14-15H,2-11H2,1H3. The summed E-state index contributed by atoms with van der Waals surface area (Å²) in [5.41, 5.74) is 0.502. The Morgan fingerprint density at radius 3 is 2.75 bits per heavy atom. The van der Waals surface area contributed by atoms with Crippen molar-refractivity contribution in [2.24, 2.45) is 11.3 Å². The van der Waals surface area contributed by atoms with E-state index in [0.29, 0.717) is 5.41 Å². The normalized spacial score (nSPS) is 24.6. The first-order valence-electron chi connectivity index (χ1n) is 6.78. The first-order valence-corrected chi connectivity index (χ1v) is 6.78. The van der Waals surface area contributed by atoms with Crippen molar-refractivity contribution in [2.75, 3.05) is 39.4 Å². The van der Waals surface area contributed by atoms with E-state index >= 15 is 0 Å². The molecular weight excluding hydrogens is 200 g/mol. The summed E-state index contributed by atoms with van der Waals surface area (Å²) in [7, 11) is 0. The zero-order valence-electron chi connectivity index (χ0n) is 10.6. The number of rotatable bonds is 7. The van der Waals surface area contributed by atoms with Crippen LogP contribution in [-0.2, 0) is 4.74 Å². The lowest BCUT2D eigenvalue weighted by Crippen LogP contribution is -2.42. The predicted molar refractivity (Wildman–Crippen MR) is 66.6 cm³/mol. The molecule has 2 aliphatic rings. The lowest BCUT2D eigenvalue weighted by molar-refractivity contribution is 0.121. The third-order valence-corrected chi connectivity index (χ3v) is 3.84. The Labute approximate surface area is 99.3 Å². The largest absolute Gasteiger partial charge is 0.380 e. The maximum Gasteiger partial charge on any atom is 0.0591 e. The van der Waals surface area contributed by atoms with Crippen LogP contribution in [0.5, 0.6) is 0 Å². The second-order valence-electron chi connectivity index (χ2n) is 5.76. The number of hydrogen-bond acceptors (Lipinski definition) is 3. The van der Waals surface area contributed by atoms with Gasteiger partial charge in [0.25, 0.3) is 0 Å². The Balaban J connectivity index is 1.46. The minimum Gasteiger partial charge on any atom is -0.380 e. The van der Waals surface area contributed by atoms with Gasteiger partial charge < -0.3 is 15.4 Å². The van der Waals surface area contributed by atoms with E-state index in [2.05, 4.69) is 17.6 Å². The van der Waals surface area contributed by atoms with E-state index in [9.17, 15) is 0 Å². The van der Waals surface area contributed by atoms with Gasteiger partial charge in [-0.3, -0.25) is 0 Å². The Kier molecular flexibility index (Phi) is 4.62. The molecule has 0 spiro atoms. The monoisotopic (exact) mass is 226 g/mol. The van der Waals surface area contributed by atoms with Crippen LogP contribution in [0.15, 0.2) is 0 Å². The van der Waals surface area contributed by atoms with Crippen LogP contribution in [-0.4, -0.2) is 39.4 Å². The van der Waals surface area contributed by atoms with Gasteiger partial charge in [0.2, 0.25) is 0 Å². The Morgan fingerprint density at radius 2 is 2.06 bits per heavy atom. The topological polar surface area (TPSA) is 33.3 Å². The van der Waals surface area contributed by atoms with Gasteiger partial charge in [0.1, 0.15) is 0 Å². The summed E-state index contributed by atoms with van der Waals surface area (Å²) in [6.07, 6.45) is 5.36. The fourth-order valence-electron chi connectivity index (χ4n) is 2.28. The maximum absolute atomic E-state index is 5.61. The zero-order chi connectivity index (χ0) is 11.3. The highest BCUT2D eigenvalue weighted by molar-refractivity contribution is 4.82. The summed E-state index contributed by atoms with van der Waals surface area (Å²) in [6, 6.07) is 0. The molecule has 0 unspecified atom stereocenters. The highest BCUT2D eigenvalue weighted by atomic mass is 16.5. The van der Waals surface area contributed by atoms with Crippen molar-refractivity contribution in [1.82, 2.24) is 10.6 Å². The van der Waals surface area contributed by atoms with Crippen LogP contribution in [0, 0.1) is 11.3 Å². The van der Waals surface area contributed by atoms with E-state index in [1.807, 2.05) is 0 Å². The minimum absolute atomic E-state index is 0.502. The van der Waals surface area contributed by atoms with Gasteiger partial charge in [0.05, 0.1) is 6.61 Å². The molecule has 0 aromatic heterocycles. The van der Waals surface area contributed by atoms with Gasteiger partial charge in [0, 0.05) is 19.7 Å². The highest BCUT2D eigenvalue weighted by Gasteiger charge is 2.25. The van der Waals surface area contributed by atoms with Crippen molar-refractivity contribution < 1.29 is 4.74 Å². The summed E-state index contributed by atoms with van der Waals surface area (Å²) in [5.74, 6) is 0.891. The van der Waals surface area contributed by atoms with Crippen molar-refractivity contribution in [3.05, 3.63) is 0 Å². The third-order valence-electron chi connectivity index (χ3n) is 3.84. The molecule has 2 fully saturated rings. The van der Waals surface area contributed by atoms with Gasteiger partial charge in [-0.05, 0) is 50.1 Å². The van der Waals surface area contributed by atoms with Crippen LogP contribution in [0.25, 0.3) is 0 Å². The lowest BCUT2D eigenvalue weighted by Gasteiger charge is -2.34. The molecule has 16 heavy (non-hydrogen) atoms. The number of nitrogens with one attached hydrogen (secondary N) is 2. The Hall–Kier alpha value is -0.120. The van der Waals surface area contributed by atoms with Crippen LogP contribution in [0.4, 0.5) is 0 Å². The van der Waals surface area contributed by atoms with Crippen LogP contribution < -0.4 is 10.6 Å². The first kappa shape index (κ1) is 12.3. The van der Waals surface area contributed by atoms with Gasteiger partial charge in [-0.25, -0.2) is 0 Å². The highest BCUT2D eigenvalue weighted by Crippen LogP contribution is 2.28. The quantitative estimate of drug-likeness (QED) is 0.644. The molecule has 94 valence electrons. The van der Waals surface area contributed by atoms with E-state index in [-0.39, 0.29) is 0 Å². The smallest absolute Gasteiger partial charge is 0.0591 e. The summed E-state index contributed by atoms with van der Waals surface area (Å²) in [6.45, 7) is 8.77. The number of ether oxygens (including phenoxy) is 1. The van der Waals surface area contributed by atoms with Gasteiger partial charge in [-0.15, -0.1) is 0 Å². The van der Waals surface area contributed by atoms with E-state index in [4.69, 9.17) is 4.74 Å². The molecule has 0 amide bonds. The Bertz CT molecular complexity index is 198. The summed E-state index contributed by atoms with van der Waals surface area (Å²) in [4.78, 5) is 0. The molecule has 2 rings (SSSR count). The molecule has 2 N–H and O–H groups in total. The molecule has 0 aromatic rings. The zero-order valence-corrected chi connectivity index (χ0v) is 10.6. The van der Waals surface area contributed by atoms with Gasteiger partial charge in [0.15, 0.2) is 0 Å². The Morgan fingerprint density at radius 1 is 1.31 bits per heavy atom. The second kappa shape index (κ2) is 5.99. The molecular formula is C13H26N2O. The fourth-order valence-corrected chi connectivity index (χ4v) is 2.28. The molecule has 3 heteroatoms. The second-order valence-corrected chi connectivity index (χ2v) is 5.76. The minimum atomic E-state index is 0.502. The molecule has 1 saturated heterocycles. The van der Waals surface area contributed by atoms with Crippen LogP contribution in [0.3, 0.4) is 0 Å². The molecule has 1 aliphatic carbocycles. The van der Waals surface area contributed by atoms with Crippen molar-refractivity contribution in [1.29, 1.82) is 0 Å². The van der Waals surface area contributed by atoms with Gasteiger partial charge in [-0.1, -0.05) is 6.92 Å². The molecule has 1 heterocycles. The number of piperidine rings is 1. The SMILES string of the molecule is CC1(CNCCOCC2CC2)CCNCC1. The molecule has 1 saturated carbocycles. The summed E-state index contributed by atoms with van der Waals surface area (Å²) < 4.78 is 5.61. The molecule has 0 radical (unpaired) electrons. The molecule has 0 atom stereocenters. The molecule has 1 aliphatic heterocycles. The maximum atomic E-state index is 5.61. The van der Waals surface area contributed by atoms with Crippen molar-refractivity contribution >= 4 is 0 Å². The lowest BCUT2D eigenvalue weighted by atomic mass is 9.81. The average molecular weight is 226 g/mol. The molecule has 0 bridgehead atoms. The van der Waals surface area contributed by atoms with Crippen molar-refractivity contribution in [2.45, 2.75) is 32.6 Å². The van der Waals surface area contributed by atoms with Crippen LogP contribution in [0.1, 0.15) is 32.6 Å². The predicted octanol–water partition coefficient (Wildman–Crippen LogP) is 1.39. The first-order chi connectivity index (χ1) is 7.79. The summed E-state index contributed by atoms with van der Waals surface area (Å²) >= 11 is 0. The number of hydrogen-bond donors (Lipinski definition) is 2. The van der Waals surface area contributed by atoms with Crippen molar-refractivity contribution in [3.63, 3.8) is 0 Å². The van der Waals surface area contributed by atoms with Crippen LogP contribution >= 0.6 is 0 Å².